The van der Waals surface area contributed by atoms with Crippen molar-refractivity contribution in [2.45, 2.75) is 33.0 Å². The van der Waals surface area contributed by atoms with Gasteiger partial charge in [0.1, 0.15) is 0 Å². The minimum atomic E-state index is -0.162. The van der Waals surface area contributed by atoms with Gasteiger partial charge in [0, 0.05) is 5.02 Å². The number of benzene rings is 1. The van der Waals surface area contributed by atoms with Crippen molar-refractivity contribution in [1.29, 1.82) is 0 Å². The number of halogens is 1. The molecule has 4 nitrogen and oxygen atoms in total. The van der Waals surface area contributed by atoms with Gasteiger partial charge in [0.15, 0.2) is 0 Å². The average molecular weight is 283 g/mol. The molecule has 1 amide bonds. The van der Waals surface area contributed by atoms with Crippen molar-refractivity contribution in [3.8, 4) is 0 Å². The van der Waals surface area contributed by atoms with Gasteiger partial charge in [-0.15, -0.1) is 0 Å². The highest BCUT2D eigenvalue weighted by atomic mass is 35.5. The molecule has 1 aliphatic heterocycles. The fourth-order valence-corrected chi connectivity index (χ4v) is 2.76. The molecule has 0 saturated carbocycles. The summed E-state index contributed by atoms with van der Waals surface area (Å²) < 4.78 is 5.68. The molecule has 0 aromatic heterocycles. The standard InChI is InChI=1S/C14H19ClN2O2/c1-7-8(2)19-9(3)13(7)14(18)17-12-5-4-10(15)6-11(12)16/h4-9,13H,16H2,1-3H3,(H,17,18). The zero-order valence-corrected chi connectivity index (χ0v) is 12.1. The molecule has 0 bridgehead atoms. The summed E-state index contributed by atoms with van der Waals surface area (Å²) in [6.45, 7) is 5.95. The molecule has 1 aliphatic rings. The molecular formula is C14H19ClN2O2. The van der Waals surface area contributed by atoms with Gasteiger partial charge in [0.2, 0.25) is 5.91 Å². The third-order valence-corrected chi connectivity index (χ3v) is 4.05. The third kappa shape index (κ3) is 2.85. The van der Waals surface area contributed by atoms with E-state index in [1.54, 1.807) is 18.2 Å². The summed E-state index contributed by atoms with van der Waals surface area (Å²) in [5, 5.41) is 3.41. The molecule has 104 valence electrons. The van der Waals surface area contributed by atoms with E-state index in [0.717, 1.165) is 0 Å². The largest absolute Gasteiger partial charge is 0.397 e. The van der Waals surface area contributed by atoms with Crippen LogP contribution < -0.4 is 11.1 Å². The molecule has 1 saturated heterocycles. The lowest BCUT2D eigenvalue weighted by molar-refractivity contribution is -0.121. The van der Waals surface area contributed by atoms with Gasteiger partial charge in [-0.25, -0.2) is 0 Å². The third-order valence-electron chi connectivity index (χ3n) is 3.82. The maximum Gasteiger partial charge on any atom is 0.230 e. The number of amides is 1. The van der Waals surface area contributed by atoms with Crippen molar-refractivity contribution in [2.75, 3.05) is 11.1 Å². The van der Waals surface area contributed by atoms with Crippen LogP contribution in [0.5, 0.6) is 0 Å². The van der Waals surface area contributed by atoms with E-state index in [9.17, 15) is 4.79 Å². The second-order valence-corrected chi connectivity index (χ2v) is 5.59. The van der Waals surface area contributed by atoms with Gasteiger partial charge in [-0.05, 0) is 38.0 Å². The van der Waals surface area contributed by atoms with Crippen LogP contribution in [-0.4, -0.2) is 18.1 Å². The molecule has 5 heteroatoms. The molecule has 0 radical (unpaired) electrons. The Morgan fingerprint density at radius 3 is 2.53 bits per heavy atom. The summed E-state index contributed by atoms with van der Waals surface area (Å²) in [7, 11) is 0. The summed E-state index contributed by atoms with van der Waals surface area (Å²) in [6, 6.07) is 5.04. The van der Waals surface area contributed by atoms with Crippen molar-refractivity contribution in [3.05, 3.63) is 23.2 Å². The Balaban J connectivity index is 2.13. The van der Waals surface area contributed by atoms with Gasteiger partial charge < -0.3 is 15.8 Å². The van der Waals surface area contributed by atoms with E-state index >= 15 is 0 Å². The normalized spacial score (nSPS) is 30.3. The van der Waals surface area contributed by atoms with Crippen LogP contribution in [0.25, 0.3) is 0 Å². The smallest absolute Gasteiger partial charge is 0.230 e. The molecule has 19 heavy (non-hydrogen) atoms. The van der Waals surface area contributed by atoms with Crippen LogP contribution in [-0.2, 0) is 9.53 Å². The number of nitrogens with one attached hydrogen (secondary N) is 1. The minimum Gasteiger partial charge on any atom is -0.397 e. The lowest BCUT2D eigenvalue weighted by atomic mass is 9.89. The number of ether oxygens (including phenoxy) is 1. The van der Waals surface area contributed by atoms with Gasteiger partial charge in [0.05, 0.1) is 29.5 Å². The summed E-state index contributed by atoms with van der Waals surface area (Å²) in [4.78, 5) is 12.3. The maximum absolute atomic E-state index is 12.3. The number of anilines is 2. The Hall–Kier alpha value is -1.26. The predicted octanol–water partition coefficient (Wildman–Crippen LogP) is 2.92. The van der Waals surface area contributed by atoms with Crippen molar-refractivity contribution in [1.82, 2.24) is 0 Å². The zero-order valence-electron chi connectivity index (χ0n) is 11.3. The zero-order chi connectivity index (χ0) is 14.2. The fourth-order valence-electron chi connectivity index (χ4n) is 2.58. The Morgan fingerprint density at radius 2 is 2.00 bits per heavy atom. The number of nitrogen functional groups attached to an aromatic ring is 1. The molecule has 4 atom stereocenters. The number of carbonyl (C=O) groups excluding carboxylic acids is 1. The van der Waals surface area contributed by atoms with Crippen LogP contribution in [0.4, 0.5) is 11.4 Å². The van der Waals surface area contributed by atoms with E-state index in [-0.39, 0.29) is 30.0 Å². The van der Waals surface area contributed by atoms with Crippen molar-refractivity contribution in [2.24, 2.45) is 11.8 Å². The summed E-state index contributed by atoms with van der Waals surface area (Å²) in [6.07, 6.45) is 0.00633. The maximum atomic E-state index is 12.3. The van der Waals surface area contributed by atoms with Crippen LogP contribution in [0, 0.1) is 11.8 Å². The first kappa shape index (κ1) is 14.2. The number of rotatable bonds is 2. The van der Waals surface area contributed by atoms with E-state index in [0.29, 0.717) is 16.4 Å². The minimum absolute atomic E-state index is 0.0571. The van der Waals surface area contributed by atoms with Crippen molar-refractivity contribution in [3.63, 3.8) is 0 Å². The van der Waals surface area contributed by atoms with Crippen LogP contribution in [0.2, 0.25) is 5.02 Å². The average Bonchev–Trinajstić information content (AvgIpc) is 2.57. The first-order valence-corrected chi connectivity index (χ1v) is 6.79. The van der Waals surface area contributed by atoms with Crippen LogP contribution in [0.15, 0.2) is 18.2 Å². The van der Waals surface area contributed by atoms with E-state index < -0.39 is 0 Å². The topological polar surface area (TPSA) is 64.3 Å². The van der Waals surface area contributed by atoms with Gasteiger partial charge >= 0.3 is 0 Å². The molecule has 1 aromatic carbocycles. The van der Waals surface area contributed by atoms with E-state index in [1.165, 1.54) is 0 Å². The molecule has 1 aromatic rings. The highest BCUT2D eigenvalue weighted by molar-refractivity contribution is 6.31. The Morgan fingerprint density at radius 1 is 1.32 bits per heavy atom. The Bertz CT molecular complexity index is 492. The highest BCUT2D eigenvalue weighted by Gasteiger charge is 2.41. The van der Waals surface area contributed by atoms with E-state index in [2.05, 4.69) is 5.32 Å². The quantitative estimate of drug-likeness (QED) is 0.820. The summed E-state index contributed by atoms with van der Waals surface area (Å²) in [5.41, 5.74) is 6.89. The van der Waals surface area contributed by atoms with Gasteiger partial charge in [-0.2, -0.15) is 0 Å². The van der Waals surface area contributed by atoms with Crippen LogP contribution in [0.1, 0.15) is 20.8 Å². The predicted molar refractivity (Wildman–Crippen MR) is 77.2 cm³/mol. The summed E-state index contributed by atoms with van der Waals surface area (Å²) >= 11 is 5.83. The number of carbonyl (C=O) groups is 1. The first-order chi connectivity index (χ1) is 8.90. The molecule has 4 unspecified atom stereocenters. The summed E-state index contributed by atoms with van der Waals surface area (Å²) in [5.74, 6) is -0.0352. The van der Waals surface area contributed by atoms with Crippen LogP contribution >= 0.6 is 11.6 Å². The molecule has 0 aliphatic carbocycles. The SMILES string of the molecule is CC1OC(C)C(C(=O)Nc2ccc(Cl)cc2N)C1C. The van der Waals surface area contributed by atoms with Crippen LogP contribution in [0.3, 0.4) is 0 Å². The molecule has 0 spiro atoms. The van der Waals surface area contributed by atoms with Gasteiger partial charge in [0.25, 0.3) is 0 Å². The van der Waals surface area contributed by atoms with Gasteiger partial charge in [-0.3, -0.25) is 4.79 Å². The number of hydrogen-bond donors (Lipinski definition) is 2. The van der Waals surface area contributed by atoms with Crippen molar-refractivity contribution >= 4 is 28.9 Å². The van der Waals surface area contributed by atoms with E-state index in [4.69, 9.17) is 22.1 Å². The van der Waals surface area contributed by atoms with Crippen molar-refractivity contribution < 1.29 is 9.53 Å². The first-order valence-electron chi connectivity index (χ1n) is 6.41. The monoisotopic (exact) mass is 282 g/mol. The lowest BCUT2D eigenvalue weighted by Crippen LogP contribution is -2.32. The highest BCUT2D eigenvalue weighted by Crippen LogP contribution is 2.33. The Labute approximate surface area is 118 Å². The fraction of sp³-hybridized carbons (Fsp3) is 0.500. The lowest BCUT2D eigenvalue weighted by Gasteiger charge is -2.18. The second kappa shape index (κ2) is 5.39. The Kier molecular flexibility index (Phi) is 4.02. The molecule has 2 rings (SSSR count). The second-order valence-electron chi connectivity index (χ2n) is 5.15. The molecular weight excluding hydrogens is 264 g/mol. The molecule has 1 fully saturated rings. The van der Waals surface area contributed by atoms with Gasteiger partial charge in [-0.1, -0.05) is 18.5 Å². The number of nitrogens with two attached hydrogens (primary N) is 1. The molecule has 3 N–H and O–H groups in total. The number of hydrogen-bond acceptors (Lipinski definition) is 3. The van der Waals surface area contributed by atoms with E-state index in [1.807, 2.05) is 20.8 Å². The molecule has 1 heterocycles.